The molecule has 1 aliphatic heterocycles. The number of piperazine rings is 1. The van der Waals surface area contributed by atoms with E-state index in [9.17, 15) is 0 Å². The van der Waals surface area contributed by atoms with E-state index < -0.39 is 0 Å². The van der Waals surface area contributed by atoms with E-state index in [2.05, 4.69) is 34.3 Å². The number of likely N-dealkylation sites (N-methyl/N-ethyl adjacent to an activating group) is 1. The summed E-state index contributed by atoms with van der Waals surface area (Å²) in [6, 6.07) is 0.635. The summed E-state index contributed by atoms with van der Waals surface area (Å²) in [5.41, 5.74) is 0. The van der Waals surface area contributed by atoms with Gasteiger partial charge in [0, 0.05) is 45.3 Å². The molecular weight excluding hydrogens is 389 g/mol. The normalized spacial score (nSPS) is 21.6. The van der Waals surface area contributed by atoms with Gasteiger partial charge >= 0.3 is 0 Å². The Labute approximate surface area is 153 Å². The highest BCUT2D eigenvalue weighted by molar-refractivity contribution is 14.0. The van der Waals surface area contributed by atoms with Crippen LogP contribution >= 0.6 is 24.0 Å². The molecule has 2 rings (SSSR count). The molecule has 2 fully saturated rings. The molecule has 5 nitrogen and oxygen atoms in total. The van der Waals surface area contributed by atoms with Gasteiger partial charge in [-0.05, 0) is 26.3 Å². The molecule has 2 aliphatic rings. The smallest absolute Gasteiger partial charge is 0.191 e. The van der Waals surface area contributed by atoms with Crippen molar-refractivity contribution in [2.75, 3.05) is 52.4 Å². The number of guanidine groups is 1. The molecule has 6 heteroatoms. The molecule has 0 spiro atoms. The molecule has 0 atom stereocenters. The van der Waals surface area contributed by atoms with Gasteiger partial charge in [-0.25, -0.2) is 0 Å². The minimum Gasteiger partial charge on any atom is -0.357 e. The number of rotatable bonds is 6. The van der Waals surface area contributed by atoms with Crippen molar-refractivity contribution in [3.8, 4) is 0 Å². The second-order valence-electron chi connectivity index (χ2n) is 6.16. The molecule has 0 amide bonds. The fourth-order valence-electron chi connectivity index (χ4n) is 3.22. The third-order valence-corrected chi connectivity index (χ3v) is 4.64. The average molecular weight is 423 g/mol. The molecule has 0 aromatic carbocycles. The third kappa shape index (κ3) is 7.00. The highest BCUT2D eigenvalue weighted by Crippen LogP contribution is 2.17. The van der Waals surface area contributed by atoms with Gasteiger partial charge in [0.2, 0.25) is 0 Å². The molecule has 1 saturated carbocycles. The molecule has 0 unspecified atom stereocenters. The maximum absolute atomic E-state index is 4.75. The lowest BCUT2D eigenvalue weighted by Crippen LogP contribution is -2.47. The van der Waals surface area contributed by atoms with Crippen LogP contribution in [0.1, 0.15) is 39.5 Å². The average Bonchev–Trinajstić information content (AvgIpc) is 3.01. The van der Waals surface area contributed by atoms with Crippen LogP contribution in [0, 0.1) is 0 Å². The first-order valence-corrected chi connectivity index (χ1v) is 8.81. The van der Waals surface area contributed by atoms with E-state index >= 15 is 0 Å². The quantitative estimate of drug-likeness (QED) is 0.388. The molecule has 0 radical (unpaired) electrons. The maximum Gasteiger partial charge on any atom is 0.191 e. The van der Waals surface area contributed by atoms with Crippen molar-refractivity contribution in [1.82, 2.24) is 20.4 Å². The summed E-state index contributed by atoms with van der Waals surface area (Å²) in [5.74, 6) is 1.01. The topological polar surface area (TPSA) is 42.9 Å². The Morgan fingerprint density at radius 3 is 2.27 bits per heavy atom. The molecule has 130 valence electrons. The van der Waals surface area contributed by atoms with Gasteiger partial charge in [-0.1, -0.05) is 19.8 Å². The predicted octanol–water partition coefficient (Wildman–Crippen LogP) is 1.74. The van der Waals surface area contributed by atoms with Crippen molar-refractivity contribution >= 4 is 29.9 Å². The standard InChI is InChI=1S/C16H33N5.HI/c1-3-17-16(19-15-7-5-6-8-15)18-9-10-21-13-11-20(4-2)12-14-21;/h15H,3-14H2,1-2H3,(H2,17,18,19);1H. The van der Waals surface area contributed by atoms with E-state index in [1.807, 2.05) is 0 Å². The fraction of sp³-hybridized carbons (Fsp3) is 0.938. The summed E-state index contributed by atoms with van der Waals surface area (Å²) < 4.78 is 0. The Hall–Kier alpha value is -0.0800. The van der Waals surface area contributed by atoms with Crippen LogP contribution in [-0.2, 0) is 0 Å². The van der Waals surface area contributed by atoms with Gasteiger partial charge in [-0.15, -0.1) is 24.0 Å². The largest absolute Gasteiger partial charge is 0.357 e. The Morgan fingerprint density at radius 2 is 1.68 bits per heavy atom. The van der Waals surface area contributed by atoms with Gasteiger partial charge < -0.3 is 15.5 Å². The lowest BCUT2D eigenvalue weighted by Gasteiger charge is -2.33. The van der Waals surface area contributed by atoms with E-state index in [4.69, 9.17) is 4.99 Å². The van der Waals surface area contributed by atoms with E-state index in [-0.39, 0.29) is 24.0 Å². The summed E-state index contributed by atoms with van der Waals surface area (Å²) in [5, 5.41) is 6.96. The van der Waals surface area contributed by atoms with Crippen molar-refractivity contribution in [2.24, 2.45) is 4.99 Å². The van der Waals surface area contributed by atoms with Gasteiger partial charge in [0.05, 0.1) is 6.54 Å². The number of aliphatic imine (C=N–C) groups is 1. The first-order chi connectivity index (χ1) is 10.3. The van der Waals surface area contributed by atoms with E-state index in [1.165, 1.54) is 58.4 Å². The van der Waals surface area contributed by atoms with Crippen molar-refractivity contribution in [2.45, 2.75) is 45.6 Å². The molecule has 0 aromatic heterocycles. The zero-order chi connectivity index (χ0) is 14.9. The monoisotopic (exact) mass is 423 g/mol. The third-order valence-electron chi connectivity index (χ3n) is 4.64. The maximum atomic E-state index is 4.75. The number of nitrogens with zero attached hydrogens (tertiary/aromatic N) is 3. The second kappa shape index (κ2) is 11.5. The van der Waals surface area contributed by atoms with Gasteiger partial charge in [0.25, 0.3) is 0 Å². The van der Waals surface area contributed by atoms with E-state index in [1.54, 1.807) is 0 Å². The zero-order valence-electron chi connectivity index (χ0n) is 14.3. The Kier molecular flexibility index (Phi) is 10.4. The van der Waals surface area contributed by atoms with Gasteiger partial charge in [-0.2, -0.15) is 0 Å². The van der Waals surface area contributed by atoms with E-state index in [0.717, 1.165) is 25.6 Å². The minimum atomic E-state index is 0. The van der Waals surface area contributed by atoms with Crippen molar-refractivity contribution in [3.05, 3.63) is 0 Å². The number of hydrogen-bond donors (Lipinski definition) is 2. The highest BCUT2D eigenvalue weighted by atomic mass is 127. The van der Waals surface area contributed by atoms with Gasteiger partial charge in [0.1, 0.15) is 0 Å². The molecular formula is C16H34IN5. The van der Waals surface area contributed by atoms with Crippen LogP contribution in [0.2, 0.25) is 0 Å². The summed E-state index contributed by atoms with van der Waals surface area (Å²) in [6.45, 7) is 13.3. The Balaban J connectivity index is 0.00000242. The second-order valence-corrected chi connectivity index (χ2v) is 6.16. The van der Waals surface area contributed by atoms with Crippen molar-refractivity contribution in [3.63, 3.8) is 0 Å². The van der Waals surface area contributed by atoms with Gasteiger partial charge in [-0.3, -0.25) is 9.89 Å². The van der Waals surface area contributed by atoms with Crippen LogP contribution in [0.3, 0.4) is 0 Å². The van der Waals surface area contributed by atoms with Crippen LogP contribution in [0.15, 0.2) is 4.99 Å². The lowest BCUT2D eigenvalue weighted by atomic mass is 10.2. The first-order valence-electron chi connectivity index (χ1n) is 8.81. The summed E-state index contributed by atoms with van der Waals surface area (Å²) in [4.78, 5) is 9.81. The fourth-order valence-corrected chi connectivity index (χ4v) is 3.22. The van der Waals surface area contributed by atoms with Crippen molar-refractivity contribution in [1.29, 1.82) is 0 Å². The molecule has 1 saturated heterocycles. The van der Waals surface area contributed by atoms with Gasteiger partial charge in [0.15, 0.2) is 5.96 Å². The summed E-state index contributed by atoms with van der Waals surface area (Å²) in [7, 11) is 0. The number of halogens is 1. The Morgan fingerprint density at radius 1 is 1.05 bits per heavy atom. The van der Waals surface area contributed by atoms with E-state index in [0.29, 0.717) is 6.04 Å². The van der Waals surface area contributed by atoms with Crippen LogP contribution in [0.5, 0.6) is 0 Å². The molecule has 0 aromatic rings. The molecule has 22 heavy (non-hydrogen) atoms. The van der Waals surface area contributed by atoms with Crippen LogP contribution in [0.25, 0.3) is 0 Å². The summed E-state index contributed by atoms with van der Waals surface area (Å²) >= 11 is 0. The number of nitrogens with one attached hydrogen (secondary N) is 2. The molecule has 1 heterocycles. The SMILES string of the molecule is CCNC(=NCCN1CCN(CC)CC1)NC1CCCC1.I. The Bertz CT molecular complexity index is 310. The molecule has 2 N–H and O–H groups in total. The minimum absolute atomic E-state index is 0. The lowest BCUT2D eigenvalue weighted by molar-refractivity contribution is 0.140. The molecule has 0 bridgehead atoms. The van der Waals surface area contributed by atoms with Crippen molar-refractivity contribution < 1.29 is 0 Å². The first kappa shape index (κ1) is 20.0. The molecule has 1 aliphatic carbocycles. The zero-order valence-corrected chi connectivity index (χ0v) is 16.6. The van der Waals surface area contributed by atoms with Crippen LogP contribution in [0.4, 0.5) is 0 Å². The number of hydrogen-bond acceptors (Lipinski definition) is 3. The van der Waals surface area contributed by atoms with Crippen LogP contribution < -0.4 is 10.6 Å². The predicted molar refractivity (Wildman–Crippen MR) is 105 cm³/mol. The highest BCUT2D eigenvalue weighted by Gasteiger charge is 2.16. The summed E-state index contributed by atoms with van der Waals surface area (Å²) in [6.07, 6.45) is 5.31. The van der Waals surface area contributed by atoms with Crippen LogP contribution in [-0.4, -0.2) is 74.2 Å².